The molecule has 0 bridgehead atoms. The van der Waals surface area contributed by atoms with Crippen LogP contribution in [0.2, 0.25) is 6.04 Å². The highest BCUT2D eigenvalue weighted by molar-refractivity contribution is 6.68. The Bertz CT molecular complexity index is 193. The van der Waals surface area contributed by atoms with E-state index in [-0.39, 0.29) is 5.73 Å². The first-order chi connectivity index (χ1) is 6.56. The quantitative estimate of drug-likeness (QED) is 0.384. The maximum Gasteiger partial charge on any atom is 0.379 e. The molecule has 0 amide bonds. The van der Waals surface area contributed by atoms with E-state index in [9.17, 15) is 4.79 Å². The molecule has 5 heteroatoms. The predicted molar refractivity (Wildman–Crippen MR) is 56.0 cm³/mol. The van der Waals surface area contributed by atoms with E-state index in [4.69, 9.17) is 13.6 Å². The van der Waals surface area contributed by atoms with E-state index >= 15 is 0 Å². The van der Waals surface area contributed by atoms with E-state index < -0.39 is 14.5 Å². The van der Waals surface area contributed by atoms with Crippen LogP contribution in [0.3, 0.4) is 0 Å². The maximum atomic E-state index is 11.0. The van der Waals surface area contributed by atoms with Gasteiger partial charge in [0.15, 0.2) is 0 Å². The Kier molecular flexibility index (Phi) is 5.67. The van der Waals surface area contributed by atoms with Crippen LogP contribution in [-0.4, -0.2) is 34.5 Å². The summed E-state index contributed by atoms with van der Waals surface area (Å²) in [7, 11) is 0.771. The van der Waals surface area contributed by atoms with Crippen LogP contribution >= 0.6 is 0 Å². The molecule has 0 aromatic carbocycles. The van der Waals surface area contributed by atoms with E-state index in [1.807, 2.05) is 6.92 Å². The molecule has 4 nitrogen and oxygen atoms in total. The van der Waals surface area contributed by atoms with Gasteiger partial charge in [0.2, 0.25) is 0 Å². The minimum absolute atomic E-state index is 0.340. The Morgan fingerprint density at radius 3 is 2.29 bits per heavy atom. The van der Waals surface area contributed by atoms with E-state index in [1.54, 1.807) is 21.1 Å². The number of rotatable bonds is 6. The molecule has 0 N–H and O–H groups in total. The van der Waals surface area contributed by atoms with Gasteiger partial charge < -0.3 is 13.6 Å². The van der Waals surface area contributed by atoms with Crippen LogP contribution < -0.4 is 0 Å². The van der Waals surface area contributed by atoms with Gasteiger partial charge in [-0.3, -0.25) is 0 Å². The highest BCUT2D eigenvalue weighted by atomic mass is 28.4. The van der Waals surface area contributed by atoms with Crippen molar-refractivity contribution >= 4 is 14.5 Å². The molecular formula is C9H18O4Si. The largest absolute Gasteiger partial charge is 0.458 e. The highest BCUT2D eigenvalue weighted by Crippen LogP contribution is 2.18. The second kappa shape index (κ2) is 5.95. The van der Waals surface area contributed by atoms with Crippen molar-refractivity contribution in [3.05, 3.63) is 12.7 Å². The first-order valence-electron chi connectivity index (χ1n) is 4.49. The average molecular weight is 218 g/mol. The normalized spacial score (nSPS) is 13.4. The second-order valence-corrected chi connectivity index (χ2v) is 6.82. The zero-order valence-electron chi connectivity index (χ0n) is 9.20. The number of esters is 1. The minimum atomic E-state index is -2.39. The van der Waals surface area contributed by atoms with Gasteiger partial charge in [-0.15, -0.1) is 0 Å². The molecule has 0 aromatic rings. The average Bonchev–Trinajstić information content (AvgIpc) is 2.21. The zero-order chi connectivity index (χ0) is 11.2. The van der Waals surface area contributed by atoms with Gasteiger partial charge in [-0.1, -0.05) is 13.5 Å². The van der Waals surface area contributed by atoms with Gasteiger partial charge in [-0.05, 0) is 13.0 Å². The van der Waals surface area contributed by atoms with Crippen LogP contribution in [0.5, 0.6) is 0 Å². The molecule has 0 heterocycles. The summed E-state index contributed by atoms with van der Waals surface area (Å²) in [5.41, 5.74) is -0.340. The van der Waals surface area contributed by atoms with Crippen LogP contribution in [0.1, 0.15) is 13.8 Å². The summed E-state index contributed by atoms with van der Waals surface area (Å²) in [5, 5.41) is 0. The number of hydrogen-bond acceptors (Lipinski definition) is 4. The Morgan fingerprint density at radius 1 is 1.50 bits per heavy atom. The molecule has 0 aliphatic rings. The minimum Gasteiger partial charge on any atom is -0.458 e. The standard InChI is InChI=1S/C9H18O4Si/c1-6-9(10)13-8(3)14(7-2,11-4)12-5/h6,8H,1,7H2,2-5H3. The van der Waals surface area contributed by atoms with Crippen molar-refractivity contribution in [1.29, 1.82) is 0 Å². The topological polar surface area (TPSA) is 44.8 Å². The molecule has 14 heavy (non-hydrogen) atoms. The zero-order valence-corrected chi connectivity index (χ0v) is 10.2. The Labute approximate surface area is 86.1 Å². The third-order valence-electron chi connectivity index (χ3n) is 2.26. The fourth-order valence-corrected chi connectivity index (χ4v) is 3.58. The third-order valence-corrected chi connectivity index (χ3v) is 5.99. The lowest BCUT2D eigenvalue weighted by molar-refractivity contribution is -0.140. The van der Waals surface area contributed by atoms with E-state index in [0.29, 0.717) is 0 Å². The number of hydrogen-bond donors (Lipinski definition) is 0. The van der Waals surface area contributed by atoms with E-state index in [2.05, 4.69) is 6.58 Å². The van der Waals surface area contributed by atoms with Crippen molar-refractivity contribution < 1.29 is 18.4 Å². The molecule has 0 spiro atoms. The smallest absolute Gasteiger partial charge is 0.379 e. The molecule has 0 saturated carbocycles. The Hall–Kier alpha value is -0.653. The molecular weight excluding hydrogens is 200 g/mol. The summed E-state index contributed by atoms with van der Waals surface area (Å²) in [4.78, 5) is 11.0. The lowest BCUT2D eigenvalue weighted by Crippen LogP contribution is -2.52. The molecule has 1 atom stereocenters. The van der Waals surface area contributed by atoms with Gasteiger partial charge in [0.1, 0.15) is 5.73 Å². The lowest BCUT2D eigenvalue weighted by atomic mass is 10.6. The lowest BCUT2D eigenvalue weighted by Gasteiger charge is -2.31. The van der Waals surface area contributed by atoms with Crippen LogP contribution in [0, 0.1) is 0 Å². The van der Waals surface area contributed by atoms with Crippen LogP contribution in [0.4, 0.5) is 0 Å². The summed E-state index contributed by atoms with van der Waals surface area (Å²) in [6.45, 7) is 7.07. The fraction of sp³-hybridized carbons (Fsp3) is 0.667. The maximum absolute atomic E-state index is 11.0. The number of ether oxygens (including phenoxy) is 1. The van der Waals surface area contributed by atoms with Crippen molar-refractivity contribution in [2.24, 2.45) is 0 Å². The SMILES string of the molecule is C=CC(=O)OC(C)[Si](CC)(OC)OC. The third kappa shape index (κ3) is 2.93. The van der Waals surface area contributed by atoms with Crippen molar-refractivity contribution in [3.8, 4) is 0 Å². The summed E-state index contributed by atoms with van der Waals surface area (Å²) in [5.74, 6) is -0.447. The van der Waals surface area contributed by atoms with Gasteiger partial charge in [-0.25, -0.2) is 4.79 Å². The summed E-state index contributed by atoms with van der Waals surface area (Å²) < 4.78 is 15.8. The second-order valence-electron chi connectivity index (χ2n) is 2.86. The highest BCUT2D eigenvalue weighted by Gasteiger charge is 2.42. The molecule has 82 valence electrons. The number of carbonyl (C=O) groups is 1. The molecule has 0 aliphatic heterocycles. The van der Waals surface area contributed by atoms with Gasteiger partial charge in [0.25, 0.3) is 0 Å². The van der Waals surface area contributed by atoms with Gasteiger partial charge in [0.05, 0.1) is 0 Å². The van der Waals surface area contributed by atoms with Crippen molar-refractivity contribution in [3.63, 3.8) is 0 Å². The van der Waals surface area contributed by atoms with Crippen molar-refractivity contribution in [2.45, 2.75) is 25.6 Å². The summed E-state index contributed by atoms with van der Waals surface area (Å²) in [6, 6.07) is 0.728. The van der Waals surface area contributed by atoms with Gasteiger partial charge >= 0.3 is 14.5 Å². The van der Waals surface area contributed by atoms with Crippen molar-refractivity contribution in [1.82, 2.24) is 0 Å². The van der Waals surface area contributed by atoms with Gasteiger partial charge in [-0.2, -0.15) is 0 Å². The summed E-state index contributed by atoms with van der Waals surface area (Å²) in [6.07, 6.45) is 1.14. The first kappa shape index (κ1) is 13.3. The van der Waals surface area contributed by atoms with Gasteiger partial charge in [0, 0.05) is 20.3 Å². The monoisotopic (exact) mass is 218 g/mol. The fourth-order valence-electron chi connectivity index (χ4n) is 1.30. The number of carbonyl (C=O) groups excluding carboxylic acids is 1. The van der Waals surface area contributed by atoms with E-state index in [1.165, 1.54) is 0 Å². The van der Waals surface area contributed by atoms with Crippen LogP contribution in [0.15, 0.2) is 12.7 Å². The molecule has 0 fully saturated rings. The predicted octanol–water partition coefficient (Wildman–Crippen LogP) is 1.40. The van der Waals surface area contributed by atoms with Crippen molar-refractivity contribution in [2.75, 3.05) is 14.2 Å². The molecule has 0 aliphatic carbocycles. The van der Waals surface area contributed by atoms with E-state index in [0.717, 1.165) is 12.1 Å². The molecule has 0 aromatic heterocycles. The van der Waals surface area contributed by atoms with Crippen LogP contribution in [-0.2, 0) is 18.4 Å². The Morgan fingerprint density at radius 2 is 2.00 bits per heavy atom. The molecule has 0 saturated heterocycles. The molecule has 0 radical (unpaired) electrons. The Balaban J connectivity index is 4.50. The molecule has 0 rings (SSSR count). The first-order valence-corrected chi connectivity index (χ1v) is 6.59. The molecule has 1 unspecified atom stereocenters. The summed E-state index contributed by atoms with van der Waals surface area (Å²) >= 11 is 0. The van der Waals surface area contributed by atoms with Crippen LogP contribution in [0.25, 0.3) is 0 Å².